The Hall–Kier alpha value is -0.620. The number of rotatable bonds is 7. The van der Waals surface area contributed by atoms with Gasteiger partial charge in [-0.25, -0.2) is 12.7 Å². The molecule has 0 rings (SSSR count). The zero-order valence-electron chi connectivity index (χ0n) is 11.1. The Kier molecular flexibility index (Phi) is 6.12. The first-order valence-corrected chi connectivity index (χ1v) is 7.31. The fourth-order valence-electron chi connectivity index (χ4n) is 1.18. The SMILES string of the molecule is CN(CCCC(=O)O)S(=O)(=O)CCC(C)(C)C. The number of aliphatic carboxylic acids is 1. The van der Waals surface area contributed by atoms with Crippen molar-refractivity contribution in [3.05, 3.63) is 0 Å². The molecule has 0 saturated heterocycles. The van der Waals surface area contributed by atoms with Crippen molar-refractivity contribution in [2.24, 2.45) is 5.41 Å². The lowest BCUT2D eigenvalue weighted by Gasteiger charge is -2.21. The number of carboxylic acid groups (broad SMARTS) is 1. The number of carbonyl (C=O) groups is 1. The highest BCUT2D eigenvalue weighted by atomic mass is 32.2. The van der Waals surface area contributed by atoms with Crippen molar-refractivity contribution in [2.75, 3.05) is 19.3 Å². The van der Waals surface area contributed by atoms with Crippen LogP contribution in [0.4, 0.5) is 0 Å². The average Bonchev–Trinajstić information content (AvgIpc) is 2.13. The van der Waals surface area contributed by atoms with Crippen LogP contribution in [-0.4, -0.2) is 43.1 Å². The third kappa shape index (κ3) is 8.15. The molecule has 0 amide bonds. The largest absolute Gasteiger partial charge is 0.481 e. The van der Waals surface area contributed by atoms with E-state index in [1.54, 1.807) is 0 Å². The molecule has 0 unspecified atom stereocenters. The normalized spacial score (nSPS) is 13.0. The summed E-state index contributed by atoms with van der Waals surface area (Å²) in [7, 11) is -1.75. The van der Waals surface area contributed by atoms with Gasteiger partial charge in [0.25, 0.3) is 0 Å². The first-order chi connectivity index (χ1) is 7.54. The second-order valence-corrected chi connectivity index (χ2v) is 7.64. The van der Waals surface area contributed by atoms with Crippen LogP contribution in [0.25, 0.3) is 0 Å². The fourth-order valence-corrected chi connectivity index (χ4v) is 2.77. The van der Waals surface area contributed by atoms with E-state index in [4.69, 9.17) is 5.11 Å². The zero-order chi connectivity index (χ0) is 13.7. The van der Waals surface area contributed by atoms with Gasteiger partial charge in [0.15, 0.2) is 0 Å². The van der Waals surface area contributed by atoms with Crippen LogP contribution in [0.15, 0.2) is 0 Å². The third-order valence-electron chi connectivity index (χ3n) is 2.45. The van der Waals surface area contributed by atoms with Crippen molar-refractivity contribution in [3.8, 4) is 0 Å². The molecular formula is C11H23NO4S. The predicted molar refractivity (Wildman–Crippen MR) is 67.4 cm³/mol. The molecular weight excluding hydrogens is 242 g/mol. The highest BCUT2D eigenvalue weighted by Gasteiger charge is 2.21. The molecule has 0 spiro atoms. The summed E-state index contributed by atoms with van der Waals surface area (Å²) >= 11 is 0. The number of hydrogen-bond acceptors (Lipinski definition) is 3. The van der Waals surface area contributed by atoms with E-state index in [0.29, 0.717) is 12.8 Å². The monoisotopic (exact) mass is 265 g/mol. The maximum Gasteiger partial charge on any atom is 0.303 e. The molecule has 0 aliphatic carbocycles. The van der Waals surface area contributed by atoms with E-state index in [1.807, 2.05) is 20.8 Å². The molecule has 0 aliphatic rings. The summed E-state index contributed by atoms with van der Waals surface area (Å²) < 4.78 is 24.9. The second kappa shape index (κ2) is 6.35. The zero-order valence-corrected chi connectivity index (χ0v) is 11.9. The van der Waals surface area contributed by atoms with Crippen LogP contribution in [0.3, 0.4) is 0 Å². The smallest absolute Gasteiger partial charge is 0.303 e. The predicted octanol–water partition coefficient (Wildman–Crippen LogP) is 1.55. The molecule has 0 aromatic rings. The molecule has 0 radical (unpaired) electrons. The van der Waals surface area contributed by atoms with Gasteiger partial charge in [0, 0.05) is 20.0 Å². The summed E-state index contributed by atoms with van der Waals surface area (Å²) in [5.74, 6) is -0.787. The molecule has 0 aromatic heterocycles. The van der Waals surface area contributed by atoms with Gasteiger partial charge in [0.2, 0.25) is 10.0 Å². The Morgan fingerprint density at radius 1 is 1.29 bits per heavy atom. The minimum absolute atomic E-state index is 0.000862. The second-order valence-electron chi connectivity index (χ2n) is 5.45. The maximum absolute atomic E-state index is 11.8. The molecule has 0 fully saturated rings. The molecule has 0 atom stereocenters. The van der Waals surface area contributed by atoms with Gasteiger partial charge >= 0.3 is 5.97 Å². The van der Waals surface area contributed by atoms with Crippen LogP contribution in [0.1, 0.15) is 40.0 Å². The van der Waals surface area contributed by atoms with Crippen LogP contribution in [0.2, 0.25) is 0 Å². The summed E-state index contributed by atoms with van der Waals surface area (Å²) in [6.45, 7) is 6.24. The van der Waals surface area contributed by atoms with Crippen LogP contribution in [-0.2, 0) is 14.8 Å². The van der Waals surface area contributed by atoms with E-state index in [2.05, 4.69) is 0 Å². The van der Waals surface area contributed by atoms with Gasteiger partial charge in [-0.2, -0.15) is 0 Å². The highest BCUT2D eigenvalue weighted by Crippen LogP contribution is 2.20. The van der Waals surface area contributed by atoms with E-state index in [-0.39, 0.29) is 24.1 Å². The Morgan fingerprint density at radius 2 is 1.82 bits per heavy atom. The number of hydrogen-bond donors (Lipinski definition) is 1. The molecule has 0 aromatic carbocycles. The fraction of sp³-hybridized carbons (Fsp3) is 0.909. The molecule has 5 nitrogen and oxygen atoms in total. The van der Waals surface area contributed by atoms with Crippen molar-refractivity contribution >= 4 is 16.0 Å². The molecule has 6 heteroatoms. The third-order valence-corrected chi connectivity index (χ3v) is 4.30. The summed E-state index contributed by atoms with van der Waals surface area (Å²) in [4.78, 5) is 10.3. The first-order valence-electron chi connectivity index (χ1n) is 5.70. The average molecular weight is 265 g/mol. The lowest BCUT2D eigenvalue weighted by atomic mass is 9.94. The molecule has 1 N–H and O–H groups in total. The van der Waals surface area contributed by atoms with E-state index < -0.39 is 16.0 Å². The van der Waals surface area contributed by atoms with Crippen LogP contribution >= 0.6 is 0 Å². The van der Waals surface area contributed by atoms with E-state index in [1.165, 1.54) is 11.4 Å². The van der Waals surface area contributed by atoms with E-state index in [0.717, 1.165) is 0 Å². The van der Waals surface area contributed by atoms with Crippen LogP contribution in [0.5, 0.6) is 0 Å². The van der Waals surface area contributed by atoms with Crippen molar-refractivity contribution < 1.29 is 18.3 Å². The molecule has 0 saturated carbocycles. The lowest BCUT2D eigenvalue weighted by molar-refractivity contribution is -0.137. The number of nitrogens with zero attached hydrogens (tertiary/aromatic N) is 1. The highest BCUT2D eigenvalue weighted by molar-refractivity contribution is 7.89. The van der Waals surface area contributed by atoms with Crippen LogP contribution < -0.4 is 0 Å². The van der Waals surface area contributed by atoms with E-state index >= 15 is 0 Å². The van der Waals surface area contributed by atoms with Gasteiger partial charge in [-0.3, -0.25) is 4.79 Å². The van der Waals surface area contributed by atoms with Crippen molar-refractivity contribution in [2.45, 2.75) is 40.0 Å². The van der Waals surface area contributed by atoms with Crippen molar-refractivity contribution in [1.82, 2.24) is 4.31 Å². The Balaban J connectivity index is 4.17. The minimum Gasteiger partial charge on any atom is -0.481 e. The molecule has 0 aliphatic heterocycles. The Labute approximate surface area is 104 Å². The summed E-state index contributed by atoms with van der Waals surface area (Å²) in [5.41, 5.74) is -0.0189. The Bertz CT molecular complexity index is 343. The van der Waals surface area contributed by atoms with Gasteiger partial charge in [-0.15, -0.1) is 0 Å². The van der Waals surface area contributed by atoms with Crippen molar-refractivity contribution in [3.63, 3.8) is 0 Å². The molecule has 0 heterocycles. The van der Waals surface area contributed by atoms with Gasteiger partial charge in [0.05, 0.1) is 5.75 Å². The van der Waals surface area contributed by atoms with Crippen LogP contribution in [0, 0.1) is 5.41 Å². The van der Waals surface area contributed by atoms with E-state index in [9.17, 15) is 13.2 Å². The molecule has 0 bridgehead atoms. The quantitative estimate of drug-likeness (QED) is 0.758. The van der Waals surface area contributed by atoms with Gasteiger partial charge in [-0.1, -0.05) is 20.8 Å². The van der Waals surface area contributed by atoms with Gasteiger partial charge in [-0.05, 0) is 18.3 Å². The number of carboxylic acids is 1. The molecule has 17 heavy (non-hydrogen) atoms. The summed E-state index contributed by atoms with van der Waals surface area (Å²) in [6.07, 6.45) is 0.943. The number of sulfonamides is 1. The first kappa shape index (κ1) is 16.4. The molecule has 102 valence electrons. The lowest BCUT2D eigenvalue weighted by Crippen LogP contribution is -2.31. The van der Waals surface area contributed by atoms with Crippen molar-refractivity contribution in [1.29, 1.82) is 0 Å². The summed E-state index contributed by atoms with van der Waals surface area (Å²) in [5, 5.41) is 8.47. The standard InChI is InChI=1S/C11H23NO4S/c1-11(2,3)7-9-17(15,16)12(4)8-5-6-10(13)14/h5-9H2,1-4H3,(H,13,14). The van der Waals surface area contributed by atoms with Gasteiger partial charge < -0.3 is 5.11 Å². The minimum atomic E-state index is -3.25. The Morgan fingerprint density at radius 3 is 2.24 bits per heavy atom. The summed E-state index contributed by atoms with van der Waals surface area (Å²) in [6, 6.07) is 0. The van der Waals surface area contributed by atoms with Gasteiger partial charge in [0.1, 0.15) is 0 Å². The maximum atomic E-state index is 11.8. The topological polar surface area (TPSA) is 74.7 Å².